The van der Waals surface area contributed by atoms with Gasteiger partial charge in [0.15, 0.2) is 0 Å². The van der Waals surface area contributed by atoms with E-state index in [-0.39, 0.29) is 32.7 Å². The van der Waals surface area contributed by atoms with Crippen LogP contribution in [0.4, 0.5) is 0 Å². The number of hydrogen-bond acceptors (Lipinski definition) is 1. The monoisotopic (exact) mass is 390 g/mol. The van der Waals surface area contributed by atoms with Crippen LogP contribution in [-0.2, 0) is 11.1 Å². The first-order chi connectivity index (χ1) is 11.3. The number of benzene rings is 1. The Balaban J connectivity index is 0.00000156. The van der Waals surface area contributed by atoms with Crippen molar-refractivity contribution in [2.75, 3.05) is 0 Å². The summed E-state index contributed by atoms with van der Waals surface area (Å²) in [6.07, 6.45) is 8.07. The molecule has 25 heavy (non-hydrogen) atoms. The summed E-state index contributed by atoms with van der Waals surface area (Å²) < 4.78 is 14.4. The third kappa shape index (κ3) is 5.56. The molecule has 0 aliphatic rings. The summed E-state index contributed by atoms with van der Waals surface area (Å²) >= 11 is 0. The summed E-state index contributed by atoms with van der Waals surface area (Å²) in [4.78, 5) is 0. The molecular formula is C19H17Cl2N2OP. The predicted molar refractivity (Wildman–Crippen MR) is 89.8 cm³/mol. The van der Waals surface area contributed by atoms with Gasteiger partial charge in [-0.2, -0.15) is 0 Å². The molecule has 0 radical (unpaired) electrons. The Morgan fingerprint density at radius 2 is 1.36 bits per heavy atom. The van der Waals surface area contributed by atoms with Crippen molar-refractivity contribution in [1.29, 1.82) is 0 Å². The molecule has 3 aromatic rings. The Morgan fingerprint density at radius 1 is 0.840 bits per heavy atom. The van der Waals surface area contributed by atoms with Crippen molar-refractivity contribution >= 4 is 7.92 Å². The molecule has 0 aliphatic carbocycles. The Kier molecular flexibility index (Phi) is 8.61. The third-order valence-electron chi connectivity index (χ3n) is 3.70. The van der Waals surface area contributed by atoms with Crippen molar-refractivity contribution in [2.45, 2.75) is 13.5 Å². The van der Waals surface area contributed by atoms with Crippen LogP contribution in [0.25, 0.3) is 16.8 Å². The third-order valence-corrected chi connectivity index (χ3v) is 3.97. The number of aryl methyl sites for hydroxylation is 1. The van der Waals surface area contributed by atoms with Gasteiger partial charge in [0.25, 0.3) is 0 Å². The molecule has 2 heterocycles. The summed E-state index contributed by atoms with van der Waals surface area (Å²) in [5, 5.41) is 0. The van der Waals surface area contributed by atoms with E-state index in [0.717, 1.165) is 16.8 Å². The van der Waals surface area contributed by atoms with Crippen molar-refractivity contribution in [3.8, 4) is 22.4 Å². The van der Waals surface area contributed by atoms with E-state index in [1.807, 2.05) is 17.0 Å². The first kappa shape index (κ1) is 21.2. The molecule has 2 aromatic heterocycles. The molecule has 3 rings (SSSR count). The zero-order chi connectivity index (χ0) is 16.1. The van der Waals surface area contributed by atoms with Crippen LogP contribution in [0, 0.1) is 12.6 Å². The molecule has 0 saturated carbocycles. The average Bonchev–Trinajstić information content (AvgIpc) is 2.61. The number of halogens is 2. The van der Waals surface area contributed by atoms with Crippen LogP contribution >= 0.6 is 7.92 Å². The van der Waals surface area contributed by atoms with E-state index in [1.165, 1.54) is 5.56 Å². The van der Waals surface area contributed by atoms with Crippen LogP contribution in [0.2, 0.25) is 0 Å². The van der Waals surface area contributed by atoms with Gasteiger partial charge in [0.05, 0.1) is 0 Å². The molecule has 0 aliphatic heterocycles. The Morgan fingerprint density at radius 3 is 1.88 bits per heavy atom. The van der Waals surface area contributed by atoms with Crippen molar-refractivity contribution in [3.05, 3.63) is 78.9 Å². The second-order valence-electron chi connectivity index (χ2n) is 5.34. The molecule has 0 saturated heterocycles. The number of hydrogen-bond donors (Lipinski definition) is 0. The van der Waals surface area contributed by atoms with E-state index in [4.69, 9.17) is 0 Å². The van der Waals surface area contributed by atoms with Gasteiger partial charge >= 0.3 is 112 Å². The first-order valence-electron chi connectivity index (χ1n) is 7.39. The molecule has 3 nitrogen and oxygen atoms in total. The Hall–Kier alpha value is -1.89. The van der Waals surface area contributed by atoms with Crippen molar-refractivity contribution in [2.24, 2.45) is 0 Å². The number of nitrogens with zero attached hydrogens (tertiary/aromatic N) is 2. The molecule has 1 aromatic carbocycles. The first-order valence-corrected chi connectivity index (χ1v) is 8.20. The fourth-order valence-electron chi connectivity index (χ4n) is 2.37. The van der Waals surface area contributed by atoms with Crippen LogP contribution < -0.4 is 33.9 Å². The van der Waals surface area contributed by atoms with Gasteiger partial charge in [0.2, 0.25) is 0 Å². The molecule has 0 atom stereocenters. The molecule has 6 heteroatoms. The Bertz CT molecular complexity index is 906. The normalized spacial score (nSPS) is 9.32. The molecular weight excluding hydrogens is 374 g/mol. The van der Waals surface area contributed by atoms with E-state index < -0.39 is 0 Å². The second kappa shape index (κ2) is 10.2. The molecule has 0 N–H and O–H groups in total. The topological polar surface area (TPSA) is 24.8 Å². The quantitative estimate of drug-likeness (QED) is 0.358. The minimum Gasteiger partial charge on any atom is -1.00 e. The molecule has 0 unspecified atom stereocenters. The van der Waals surface area contributed by atoms with Crippen molar-refractivity contribution in [3.63, 3.8) is 0 Å². The van der Waals surface area contributed by atoms with Crippen molar-refractivity contribution in [1.82, 2.24) is 0 Å². The van der Waals surface area contributed by atoms with E-state index in [0.29, 0.717) is 6.54 Å². The fraction of sp³-hybridized carbons (Fsp3) is 0.105. The minimum absolute atomic E-state index is 0. The van der Waals surface area contributed by atoms with Crippen LogP contribution in [0.1, 0.15) is 5.56 Å². The van der Waals surface area contributed by atoms with Gasteiger partial charge in [-0.05, 0) is 6.92 Å². The van der Waals surface area contributed by atoms with E-state index in [1.54, 1.807) is 0 Å². The van der Waals surface area contributed by atoms with Crippen LogP contribution in [-0.4, -0.2) is 0 Å². The second-order valence-corrected chi connectivity index (χ2v) is 5.84. The number of rotatable bonds is 3. The van der Waals surface area contributed by atoms with E-state index in [2.05, 4.69) is 78.0 Å². The van der Waals surface area contributed by atoms with Gasteiger partial charge in [0.1, 0.15) is 0 Å². The van der Waals surface area contributed by atoms with Crippen LogP contribution in [0.15, 0.2) is 73.3 Å². The molecule has 0 spiro atoms. The minimum atomic E-state index is -0.0563. The predicted octanol–water partition coefficient (Wildman–Crippen LogP) is -2.51. The van der Waals surface area contributed by atoms with Crippen LogP contribution in [0.5, 0.6) is 0 Å². The fourth-order valence-corrected chi connectivity index (χ4v) is 2.59. The van der Waals surface area contributed by atoms with Gasteiger partial charge in [0, 0.05) is 0 Å². The van der Waals surface area contributed by atoms with Gasteiger partial charge in [-0.25, -0.2) is 0 Å². The van der Waals surface area contributed by atoms with E-state index in [9.17, 15) is 4.57 Å². The molecule has 0 fully saturated rings. The number of aromatic nitrogens is 2. The van der Waals surface area contributed by atoms with Crippen LogP contribution in [0.3, 0.4) is 0 Å². The zero-order valence-electron chi connectivity index (χ0n) is 13.6. The summed E-state index contributed by atoms with van der Waals surface area (Å²) in [5.41, 5.74) is 7.45. The molecule has 0 bridgehead atoms. The summed E-state index contributed by atoms with van der Waals surface area (Å²) in [6, 6.07) is 16.8. The van der Waals surface area contributed by atoms with Gasteiger partial charge in [-0.15, -0.1) is 0 Å². The van der Waals surface area contributed by atoms with Gasteiger partial charge in [-0.3, -0.25) is 0 Å². The van der Waals surface area contributed by atoms with E-state index >= 15 is 0 Å². The summed E-state index contributed by atoms with van der Waals surface area (Å²) in [6.45, 7) is 2.61. The molecule has 128 valence electrons. The molecule has 0 amide bonds. The Labute approximate surface area is 161 Å². The smallest absolute Gasteiger partial charge is 1.00 e. The maximum absolute atomic E-state index is 10.4. The van der Waals surface area contributed by atoms with Crippen molar-refractivity contribution < 1.29 is 38.5 Å². The average molecular weight is 391 g/mol. The summed E-state index contributed by atoms with van der Waals surface area (Å²) in [7, 11) is -0.0563. The van der Waals surface area contributed by atoms with Gasteiger partial charge in [-0.1, -0.05) is 17.7 Å². The standard InChI is InChI=1S/C19H17N2OP.2ClH/c1-16-2-4-19(5-3-16)21-12-8-18(9-13-21)17-6-10-20(11-7-17)14-15-23-22;;/h2-13H,14H2,1H3;2*1H/q+2;;/p-2. The number of pyridine rings is 2. The SMILES string of the molecule is Cc1ccc(-[n+]2ccc(-c3cc[n+](CC#P=O)cc3)cc2)cc1.[Cl-].[Cl-]. The zero-order valence-corrected chi connectivity index (χ0v) is 16.0. The van der Waals surface area contributed by atoms with Gasteiger partial charge < -0.3 is 24.8 Å². The summed E-state index contributed by atoms with van der Waals surface area (Å²) in [5.74, 6) is 0. The maximum atomic E-state index is 10.4.